The van der Waals surface area contributed by atoms with Gasteiger partial charge in [-0.25, -0.2) is 4.98 Å². The van der Waals surface area contributed by atoms with E-state index >= 15 is 0 Å². The second-order valence-corrected chi connectivity index (χ2v) is 9.36. The van der Waals surface area contributed by atoms with Crippen LogP contribution in [0.25, 0.3) is 10.9 Å². The number of para-hydroxylation sites is 1. The summed E-state index contributed by atoms with van der Waals surface area (Å²) >= 11 is 0. The topological polar surface area (TPSA) is 141 Å². The van der Waals surface area contributed by atoms with Gasteiger partial charge in [0.1, 0.15) is 17.5 Å². The quantitative estimate of drug-likeness (QED) is 0.474. The first kappa shape index (κ1) is 26.3. The molecular weight excluding hydrogens is 478 g/mol. The number of hydrogen-bond acceptors (Lipinski definition) is 7. The average Bonchev–Trinajstić information content (AvgIpc) is 2.94. The molecule has 3 amide bonds. The molecule has 2 fully saturated rings. The van der Waals surface area contributed by atoms with Crippen LogP contribution >= 0.6 is 0 Å². The van der Waals surface area contributed by atoms with Crippen LogP contribution in [0, 0.1) is 5.92 Å². The number of benzene rings is 1. The van der Waals surface area contributed by atoms with Crippen molar-refractivity contribution in [2.45, 2.75) is 31.7 Å². The van der Waals surface area contributed by atoms with Gasteiger partial charge in [-0.2, -0.15) is 0 Å². The molecule has 37 heavy (non-hydrogen) atoms. The molecule has 2 saturated heterocycles. The lowest BCUT2D eigenvalue weighted by Gasteiger charge is -2.38. The van der Waals surface area contributed by atoms with Gasteiger partial charge in [-0.05, 0) is 44.5 Å². The molecule has 0 bridgehead atoms. The Balaban J connectivity index is 1.43. The lowest BCUT2D eigenvalue weighted by Crippen LogP contribution is -2.57. The molecule has 11 heteroatoms. The van der Waals surface area contributed by atoms with E-state index in [1.165, 1.54) is 13.2 Å². The third-order valence-corrected chi connectivity index (χ3v) is 6.97. The van der Waals surface area contributed by atoms with Crippen molar-refractivity contribution < 1.29 is 29.0 Å². The highest BCUT2D eigenvalue weighted by atomic mass is 16.5. The minimum Gasteiger partial charge on any atom is -0.496 e. The van der Waals surface area contributed by atoms with Gasteiger partial charge in [0.15, 0.2) is 0 Å². The Bertz CT molecular complexity index is 1160. The fourth-order valence-corrected chi connectivity index (χ4v) is 4.88. The number of carbonyl (C=O) groups excluding carboxylic acids is 3. The molecule has 1 atom stereocenters. The first-order valence-corrected chi connectivity index (χ1v) is 12.6. The smallest absolute Gasteiger partial charge is 0.303 e. The van der Waals surface area contributed by atoms with Crippen LogP contribution in [0.1, 0.15) is 36.2 Å². The van der Waals surface area contributed by atoms with Crippen LogP contribution < -0.4 is 15.4 Å². The fraction of sp³-hybridized carbons (Fsp3) is 0.500. The van der Waals surface area contributed by atoms with E-state index in [0.717, 1.165) is 31.3 Å². The number of amides is 3. The Hall–Kier alpha value is -3.73. The molecule has 3 N–H and O–H groups in total. The molecule has 2 aliphatic rings. The molecule has 4 rings (SSSR count). The summed E-state index contributed by atoms with van der Waals surface area (Å²) in [6, 6.07) is 7.69. The maximum atomic E-state index is 13.4. The number of fused-ring (bicyclic) bond motifs is 1. The monoisotopic (exact) mass is 511 g/mol. The lowest BCUT2D eigenvalue weighted by atomic mass is 9.96. The summed E-state index contributed by atoms with van der Waals surface area (Å²) in [7, 11) is 1.50. The molecular formula is C26H33N5O6. The van der Waals surface area contributed by atoms with Crippen LogP contribution in [0.5, 0.6) is 5.75 Å². The number of methoxy groups -OCH3 is 1. The number of aliphatic carboxylic acids is 1. The predicted octanol–water partition coefficient (Wildman–Crippen LogP) is 0.877. The number of piperazine rings is 1. The maximum Gasteiger partial charge on any atom is 0.303 e. The summed E-state index contributed by atoms with van der Waals surface area (Å²) in [6.45, 7) is 3.15. The Kier molecular flexibility index (Phi) is 8.54. The Morgan fingerprint density at radius 3 is 2.46 bits per heavy atom. The van der Waals surface area contributed by atoms with Gasteiger partial charge in [-0.15, -0.1) is 0 Å². The molecule has 2 aromatic rings. The van der Waals surface area contributed by atoms with Crippen molar-refractivity contribution in [2.24, 2.45) is 5.92 Å². The van der Waals surface area contributed by atoms with Crippen LogP contribution in [-0.4, -0.2) is 96.0 Å². The number of nitrogens with zero attached hydrogens (tertiary/aromatic N) is 3. The summed E-state index contributed by atoms with van der Waals surface area (Å²) < 4.78 is 5.41. The molecule has 1 unspecified atom stereocenters. The van der Waals surface area contributed by atoms with Crippen LogP contribution in [0.4, 0.5) is 0 Å². The SMILES string of the molecule is COc1cc(C(=O)NC(CCC(=O)O)C(=O)N2CCN(C(=O)C3CCNCC3)CC2)nc2ccccc12. The summed E-state index contributed by atoms with van der Waals surface area (Å²) in [5, 5.41) is 15.9. The standard InChI is InChI=1S/C26H33N5O6/c1-37-22-16-21(28-19-5-3-2-4-18(19)22)24(34)29-20(6-7-23(32)33)26(36)31-14-12-30(13-15-31)25(35)17-8-10-27-11-9-17/h2-5,16-17,20,27H,6-15H2,1H3,(H,29,34)(H,32,33). The Morgan fingerprint density at radius 1 is 1.11 bits per heavy atom. The second-order valence-electron chi connectivity index (χ2n) is 9.36. The number of carboxylic acid groups (broad SMARTS) is 1. The number of carbonyl (C=O) groups is 4. The fourth-order valence-electron chi connectivity index (χ4n) is 4.88. The molecule has 11 nitrogen and oxygen atoms in total. The van der Waals surface area contributed by atoms with Crippen molar-refractivity contribution in [1.82, 2.24) is 25.4 Å². The summed E-state index contributed by atoms with van der Waals surface area (Å²) in [6.07, 6.45) is 1.29. The number of pyridine rings is 1. The summed E-state index contributed by atoms with van der Waals surface area (Å²) in [5.74, 6) is -1.41. The molecule has 1 aromatic heterocycles. The molecule has 2 aliphatic heterocycles. The van der Waals surface area contributed by atoms with Gasteiger partial charge in [0.05, 0.1) is 12.6 Å². The van der Waals surface area contributed by atoms with Crippen LogP contribution in [-0.2, 0) is 14.4 Å². The zero-order chi connectivity index (χ0) is 26.4. The van der Waals surface area contributed by atoms with Gasteiger partial charge >= 0.3 is 5.97 Å². The lowest BCUT2D eigenvalue weighted by molar-refractivity contribution is -0.144. The van der Waals surface area contributed by atoms with E-state index in [4.69, 9.17) is 4.74 Å². The highest BCUT2D eigenvalue weighted by Crippen LogP contribution is 2.25. The van der Waals surface area contributed by atoms with Gasteiger partial charge in [0, 0.05) is 50.0 Å². The maximum absolute atomic E-state index is 13.4. The summed E-state index contributed by atoms with van der Waals surface area (Å²) in [4.78, 5) is 58.3. The van der Waals surface area contributed by atoms with E-state index in [-0.39, 0.29) is 36.3 Å². The van der Waals surface area contributed by atoms with E-state index in [2.05, 4.69) is 15.6 Å². The van der Waals surface area contributed by atoms with Crippen LogP contribution in [0.2, 0.25) is 0 Å². The number of rotatable bonds is 8. The number of piperidine rings is 1. The highest BCUT2D eigenvalue weighted by Gasteiger charge is 2.33. The minimum absolute atomic E-state index is 0.0116. The number of carboxylic acids is 1. The van der Waals surface area contributed by atoms with Crippen molar-refractivity contribution in [1.29, 1.82) is 0 Å². The van der Waals surface area contributed by atoms with E-state index in [0.29, 0.717) is 37.4 Å². The van der Waals surface area contributed by atoms with E-state index in [1.807, 2.05) is 12.1 Å². The van der Waals surface area contributed by atoms with Gasteiger partial charge in [0.25, 0.3) is 5.91 Å². The number of nitrogens with one attached hydrogen (secondary N) is 2. The second kappa shape index (κ2) is 12.0. The van der Waals surface area contributed by atoms with E-state index in [1.54, 1.807) is 21.9 Å². The molecule has 1 aromatic carbocycles. The Morgan fingerprint density at radius 2 is 1.78 bits per heavy atom. The van der Waals surface area contributed by atoms with Crippen LogP contribution in [0.3, 0.4) is 0 Å². The van der Waals surface area contributed by atoms with Gasteiger partial charge < -0.3 is 30.3 Å². The molecule has 0 aliphatic carbocycles. The van der Waals surface area contributed by atoms with Crippen molar-refractivity contribution in [3.05, 3.63) is 36.0 Å². The third-order valence-electron chi connectivity index (χ3n) is 6.97. The first-order valence-electron chi connectivity index (χ1n) is 12.6. The zero-order valence-electron chi connectivity index (χ0n) is 20.9. The summed E-state index contributed by atoms with van der Waals surface area (Å²) in [5.41, 5.74) is 0.635. The van der Waals surface area contributed by atoms with Crippen molar-refractivity contribution >= 4 is 34.6 Å². The molecule has 198 valence electrons. The van der Waals surface area contributed by atoms with E-state index in [9.17, 15) is 24.3 Å². The van der Waals surface area contributed by atoms with Crippen molar-refractivity contribution in [3.8, 4) is 5.75 Å². The van der Waals surface area contributed by atoms with Gasteiger partial charge in [-0.1, -0.05) is 12.1 Å². The number of ether oxygens (including phenoxy) is 1. The molecule has 0 radical (unpaired) electrons. The van der Waals surface area contributed by atoms with Crippen molar-refractivity contribution in [3.63, 3.8) is 0 Å². The predicted molar refractivity (Wildman–Crippen MR) is 135 cm³/mol. The van der Waals surface area contributed by atoms with Gasteiger partial charge in [0.2, 0.25) is 11.8 Å². The van der Waals surface area contributed by atoms with Crippen LogP contribution in [0.15, 0.2) is 30.3 Å². The third kappa shape index (κ3) is 6.34. The number of aromatic nitrogens is 1. The average molecular weight is 512 g/mol. The zero-order valence-corrected chi connectivity index (χ0v) is 20.9. The number of hydrogen-bond donors (Lipinski definition) is 3. The highest BCUT2D eigenvalue weighted by molar-refractivity contribution is 5.99. The molecule has 0 saturated carbocycles. The normalized spacial score (nSPS) is 17.3. The molecule has 3 heterocycles. The molecule has 0 spiro atoms. The van der Waals surface area contributed by atoms with Crippen molar-refractivity contribution in [2.75, 3.05) is 46.4 Å². The minimum atomic E-state index is -1.06. The van der Waals surface area contributed by atoms with E-state index < -0.39 is 17.9 Å². The Labute approximate surface area is 215 Å². The van der Waals surface area contributed by atoms with Gasteiger partial charge in [-0.3, -0.25) is 19.2 Å². The first-order chi connectivity index (χ1) is 17.9. The largest absolute Gasteiger partial charge is 0.496 e.